The van der Waals surface area contributed by atoms with E-state index in [-0.39, 0.29) is 11.5 Å². The predicted molar refractivity (Wildman–Crippen MR) is 111 cm³/mol. The fourth-order valence-corrected chi connectivity index (χ4v) is 1.20. The van der Waals surface area contributed by atoms with Gasteiger partial charge in [0.15, 0.2) is 0 Å². The van der Waals surface area contributed by atoms with Crippen molar-refractivity contribution in [3.05, 3.63) is 78.4 Å². The number of carboxylic acids is 1. The maximum Gasteiger partial charge on any atom is 0.341 e. The second kappa shape index (κ2) is 15.3. The van der Waals surface area contributed by atoms with Crippen LogP contribution in [0.4, 0.5) is 0 Å². The Morgan fingerprint density at radius 1 is 1.07 bits per heavy atom. The number of methoxy groups -OCH3 is 1. The summed E-state index contributed by atoms with van der Waals surface area (Å²) in [5.74, 6) is -2.38. The molecule has 0 saturated carbocycles. The molecule has 1 heterocycles. The van der Waals surface area contributed by atoms with Gasteiger partial charge in [-0.05, 0) is 26.3 Å². The SMILES string of the molecule is C=C(C)C(=O)O.C=C(C)C(=O)OC.C=Cc1ccccc1.CC1=CC(=O)OC1=O. The summed E-state index contributed by atoms with van der Waals surface area (Å²) in [5, 5.41) is 7.89. The van der Waals surface area contributed by atoms with E-state index in [1.165, 1.54) is 32.6 Å². The maximum atomic E-state index is 10.3. The molecular weight excluding hydrogens is 376 g/mol. The van der Waals surface area contributed by atoms with Gasteiger partial charge in [-0.25, -0.2) is 19.2 Å². The van der Waals surface area contributed by atoms with Gasteiger partial charge in [0, 0.05) is 22.8 Å². The lowest BCUT2D eigenvalue weighted by Gasteiger charge is -1.91. The van der Waals surface area contributed by atoms with E-state index in [0.29, 0.717) is 11.1 Å². The Morgan fingerprint density at radius 2 is 1.55 bits per heavy atom. The highest BCUT2D eigenvalue weighted by atomic mass is 16.6. The molecule has 7 heteroatoms. The van der Waals surface area contributed by atoms with Crippen LogP contribution in [0.3, 0.4) is 0 Å². The summed E-state index contributed by atoms with van der Waals surface area (Å²) in [5.41, 5.74) is 2.15. The van der Waals surface area contributed by atoms with E-state index in [4.69, 9.17) is 5.11 Å². The van der Waals surface area contributed by atoms with Gasteiger partial charge in [-0.2, -0.15) is 0 Å². The molecule has 156 valence electrons. The standard InChI is InChI=1S/C8H8.C5H4O3.C5H8O2.C4H6O2/c1-2-8-6-4-3-5-7-8;1-3-2-4(6)8-5(3)7;1-4(2)5(6)7-3;1-3(2)4(5)6/h2-7H,1H2;2H,1H3;1H2,2-3H3;1H2,2H3,(H,5,6). The number of esters is 3. The average molecular weight is 402 g/mol. The third kappa shape index (κ3) is 15.1. The minimum Gasteiger partial charge on any atom is -0.478 e. The lowest BCUT2D eigenvalue weighted by molar-refractivity contribution is -0.150. The van der Waals surface area contributed by atoms with Crippen molar-refractivity contribution in [2.75, 3.05) is 7.11 Å². The van der Waals surface area contributed by atoms with Crippen LogP contribution >= 0.6 is 0 Å². The number of carbonyl (C=O) groups excluding carboxylic acids is 3. The molecule has 0 saturated heterocycles. The predicted octanol–water partition coefficient (Wildman–Crippen LogP) is 3.73. The number of rotatable bonds is 3. The van der Waals surface area contributed by atoms with Gasteiger partial charge in [-0.15, -0.1) is 0 Å². The molecule has 1 aromatic carbocycles. The zero-order valence-corrected chi connectivity index (χ0v) is 17.1. The fourth-order valence-electron chi connectivity index (χ4n) is 1.20. The molecule has 0 amide bonds. The van der Waals surface area contributed by atoms with Crippen LogP contribution in [0.1, 0.15) is 26.3 Å². The first-order valence-corrected chi connectivity index (χ1v) is 8.20. The van der Waals surface area contributed by atoms with Crippen molar-refractivity contribution in [1.82, 2.24) is 0 Å². The van der Waals surface area contributed by atoms with E-state index in [9.17, 15) is 19.2 Å². The quantitative estimate of drug-likeness (QED) is 0.466. The van der Waals surface area contributed by atoms with Crippen LogP contribution in [-0.4, -0.2) is 36.1 Å². The zero-order valence-electron chi connectivity index (χ0n) is 17.1. The zero-order chi connectivity index (χ0) is 23.0. The Kier molecular flexibility index (Phi) is 14.5. The third-order valence-electron chi connectivity index (χ3n) is 2.78. The molecule has 0 aromatic heterocycles. The molecule has 0 fully saturated rings. The van der Waals surface area contributed by atoms with Crippen LogP contribution in [0.5, 0.6) is 0 Å². The normalized spacial score (nSPS) is 10.8. The average Bonchev–Trinajstić information content (AvgIpc) is 2.98. The van der Waals surface area contributed by atoms with Crippen molar-refractivity contribution in [3.63, 3.8) is 0 Å². The van der Waals surface area contributed by atoms with Gasteiger partial charge in [0.25, 0.3) is 0 Å². The Morgan fingerprint density at radius 3 is 1.69 bits per heavy atom. The van der Waals surface area contributed by atoms with Gasteiger partial charge in [0.05, 0.1) is 7.11 Å². The molecule has 0 radical (unpaired) electrons. The van der Waals surface area contributed by atoms with Gasteiger partial charge in [-0.1, -0.05) is 56.1 Å². The van der Waals surface area contributed by atoms with Gasteiger partial charge < -0.3 is 14.6 Å². The summed E-state index contributed by atoms with van der Waals surface area (Å²) in [6.45, 7) is 14.7. The van der Waals surface area contributed by atoms with Gasteiger partial charge in [-0.3, -0.25) is 0 Å². The van der Waals surface area contributed by atoms with Crippen molar-refractivity contribution in [1.29, 1.82) is 0 Å². The minimum absolute atomic E-state index is 0.176. The van der Waals surface area contributed by atoms with E-state index in [1.807, 2.05) is 36.4 Å². The number of hydrogen-bond donors (Lipinski definition) is 1. The first-order chi connectivity index (χ1) is 13.5. The number of benzene rings is 1. The number of hydrogen-bond acceptors (Lipinski definition) is 6. The van der Waals surface area contributed by atoms with Crippen molar-refractivity contribution >= 4 is 30.0 Å². The molecule has 1 aliphatic heterocycles. The molecule has 1 N–H and O–H groups in total. The smallest absolute Gasteiger partial charge is 0.341 e. The van der Waals surface area contributed by atoms with Gasteiger partial charge >= 0.3 is 23.9 Å². The van der Waals surface area contributed by atoms with Crippen LogP contribution in [-0.2, 0) is 28.7 Å². The topological polar surface area (TPSA) is 107 Å². The number of carbonyl (C=O) groups is 4. The molecule has 7 nitrogen and oxygen atoms in total. The molecule has 0 atom stereocenters. The van der Waals surface area contributed by atoms with Crippen molar-refractivity contribution in [3.8, 4) is 0 Å². The van der Waals surface area contributed by atoms with E-state index in [0.717, 1.165) is 0 Å². The molecule has 0 aliphatic carbocycles. The monoisotopic (exact) mass is 402 g/mol. The van der Waals surface area contributed by atoms with E-state index in [2.05, 4.69) is 29.2 Å². The summed E-state index contributed by atoms with van der Waals surface area (Å²) in [7, 11) is 1.33. The summed E-state index contributed by atoms with van der Waals surface area (Å²) >= 11 is 0. The van der Waals surface area contributed by atoms with Crippen LogP contribution in [0, 0.1) is 0 Å². The first kappa shape index (κ1) is 27.5. The van der Waals surface area contributed by atoms with Crippen LogP contribution in [0.2, 0.25) is 0 Å². The van der Waals surface area contributed by atoms with Gasteiger partial charge in [0.2, 0.25) is 0 Å². The molecule has 1 aromatic rings. The maximum absolute atomic E-state index is 10.3. The summed E-state index contributed by atoms with van der Waals surface area (Å²) in [6, 6.07) is 10.0. The summed E-state index contributed by atoms with van der Waals surface area (Å²) in [6.07, 6.45) is 3.00. The van der Waals surface area contributed by atoms with E-state index >= 15 is 0 Å². The second-order valence-corrected chi connectivity index (χ2v) is 5.51. The minimum atomic E-state index is -0.935. The largest absolute Gasteiger partial charge is 0.478 e. The first-order valence-electron chi connectivity index (χ1n) is 8.20. The van der Waals surface area contributed by atoms with Crippen LogP contribution in [0.15, 0.2) is 72.9 Å². The van der Waals surface area contributed by atoms with E-state index in [1.54, 1.807) is 6.92 Å². The number of carboxylic acid groups (broad SMARTS) is 1. The molecule has 2 rings (SSSR count). The summed E-state index contributed by atoms with van der Waals surface area (Å²) < 4.78 is 8.38. The second-order valence-electron chi connectivity index (χ2n) is 5.51. The Bertz CT molecular complexity index is 775. The van der Waals surface area contributed by atoms with Crippen molar-refractivity contribution in [2.24, 2.45) is 0 Å². The van der Waals surface area contributed by atoms with Gasteiger partial charge in [0.1, 0.15) is 0 Å². The highest BCUT2D eigenvalue weighted by molar-refractivity contribution is 6.08. The Hall–Kier alpha value is -3.74. The number of cyclic esters (lactones) is 2. The van der Waals surface area contributed by atoms with Crippen LogP contribution in [0.25, 0.3) is 6.08 Å². The summed E-state index contributed by atoms with van der Waals surface area (Å²) in [4.78, 5) is 40.2. The third-order valence-corrected chi connectivity index (χ3v) is 2.78. The van der Waals surface area contributed by atoms with E-state index < -0.39 is 17.9 Å². The molecule has 0 spiro atoms. The molecule has 0 unspecified atom stereocenters. The molecular formula is C22H26O7. The Labute approximate surface area is 170 Å². The lowest BCUT2D eigenvalue weighted by Crippen LogP contribution is -1.99. The van der Waals surface area contributed by atoms with Crippen LogP contribution < -0.4 is 0 Å². The molecule has 1 aliphatic rings. The molecule has 29 heavy (non-hydrogen) atoms. The van der Waals surface area contributed by atoms with Crippen molar-refractivity contribution < 1.29 is 33.8 Å². The molecule has 0 bridgehead atoms. The van der Waals surface area contributed by atoms with Crippen molar-refractivity contribution in [2.45, 2.75) is 20.8 Å². The Balaban J connectivity index is 0. The fraction of sp³-hybridized carbons (Fsp3) is 0.182. The highest BCUT2D eigenvalue weighted by Gasteiger charge is 2.18. The highest BCUT2D eigenvalue weighted by Crippen LogP contribution is 2.04. The number of aliphatic carboxylic acids is 1. The lowest BCUT2D eigenvalue weighted by atomic mass is 10.2. The number of ether oxygens (including phenoxy) is 2.